The molecule has 0 saturated carbocycles. The van der Waals surface area contributed by atoms with Crippen molar-refractivity contribution >= 4 is 18.3 Å². The molecule has 19 heavy (non-hydrogen) atoms. The van der Waals surface area contributed by atoms with E-state index in [1.165, 1.54) is 4.90 Å². The number of ether oxygens (including phenoxy) is 1. The molecule has 100 valence electrons. The van der Waals surface area contributed by atoms with E-state index in [0.717, 1.165) is 5.56 Å². The lowest BCUT2D eigenvalue weighted by molar-refractivity contribution is -0.135. The number of hydrogen-bond acceptors (Lipinski definition) is 4. The Morgan fingerprint density at radius 1 is 1.32 bits per heavy atom. The van der Waals surface area contributed by atoms with Gasteiger partial charge >= 0.3 is 12.1 Å². The summed E-state index contributed by atoms with van der Waals surface area (Å²) in [6.07, 6.45) is 1.09. The highest BCUT2D eigenvalue weighted by atomic mass is 16.6. The molecule has 1 aromatic rings. The summed E-state index contributed by atoms with van der Waals surface area (Å²) < 4.78 is 4.51. The summed E-state index contributed by atoms with van der Waals surface area (Å²) in [6, 6.07) is 8.34. The van der Waals surface area contributed by atoms with Crippen LogP contribution >= 0.6 is 0 Å². The molecule has 1 aliphatic rings. The molecule has 5 heteroatoms. The van der Waals surface area contributed by atoms with E-state index in [1.54, 1.807) is 6.92 Å². The lowest BCUT2D eigenvalue weighted by atomic mass is 10.0. The van der Waals surface area contributed by atoms with Crippen LogP contribution in [0.5, 0.6) is 0 Å². The van der Waals surface area contributed by atoms with Crippen molar-refractivity contribution in [3.05, 3.63) is 35.9 Å². The van der Waals surface area contributed by atoms with Gasteiger partial charge in [-0.3, -0.25) is 4.90 Å². The van der Waals surface area contributed by atoms with E-state index in [2.05, 4.69) is 4.74 Å². The van der Waals surface area contributed by atoms with Crippen LogP contribution < -0.4 is 0 Å². The zero-order chi connectivity index (χ0) is 13.8. The number of carbonyl (C=O) groups is 3. The van der Waals surface area contributed by atoms with Crippen molar-refractivity contribution in [2.75, 3.05) is 0 Å². The second-order valence-electron chi connectivity index (χ2n) is 4.50. The fraction of sp³-hybridized carbons (Fsp3) is 0.357. The molecule has 2 rings (SSSR count). The lowest BCUT2D eigenvalue weighted by Crippen LogP contribution is -2.42. The van der Waals surface area contributed by atoms with Crippen molar-refractivity contribution in [2.24, 2.45) is 0 Å². The van der Waals surface area contributed by atoms with Crippen LogP contribution in [0.1, 0.15) is 18.9 Å². The topological polar surface area (TPSA) is 63.7 Å². The zero-order valence-electron chi connectivity index (χ0n) is 10.6. The van der Waals surface area contributed by atoms with Gasteiger partial charge in [0.1, 0.15) is 12.3 Å². The molecule has 1 aliphatic heterocycles. The third kappa shape index (κ3) is 2.81. The summed E-state index contributed by atoms with van der Waals surface area (Å²) in [5, 5.41) is 0. The monoisotopic (exact) mass is 261 g/mol. The minimum atomic E-state index is -0.734. The van der Waals surface area contributed by atoms with Gasteiger partial charge in [0.05, 0.1) is 6.04 Å². The Labute approximate surface area is 111 Å². The first-order valence-electron chi connectivity index (χ1n) is 6.16. The van der Waals surface area contributed by atoms with Crippen molar-refractivity contribution in [3.63, 3.8) is 0 Å². The normalized spacial score (nSPS) is 20.3. The van der Waals surface area contributed by atoms with E-state index in [4.69, 9.17) is 0 Å². The minimum absolute atomic E-state index is 0.472. The summed E-state index contributed by atoms with van der Waals surface area (Å²) in [4.78, 5) is 35.2. The smallest absolute Gasteiger partial charge is 0.375 e. The number of esters is 1. The Morgan fingerprint density at radius 2 is 2.00 bits per heavy atom. The highest BCUT2D eigenvalue weighted by molar-refractivity contribution is 5.96. The average molecular weight is 261 g/mol. The maximum absolute atomic E-state index is 11.5. The van der Waals surface area contributed by atoms with Crippen LogP contribution in [0.3, 0.4) is 0 Å². The van der Waals surface area contributed by atoms with Crippen LogP contribution in [0, 0.1) is 0 Å². The fourth-order valence-corrected chi connectivity index (χ4v) is 2.15. The predicted molar refractivity (Wildman–Crippen MR) is 67.4 cm³/mol. The van der Waals surface area contributed by atoms with Gasteiger partial charge in [0, 0.05) is 0 Å². The summed E-state index contributed by atoms with van der Waals surface area (Å²) in [6.45, 7) is 1.56. The molecule has 2 atom stereocenters. The van der Waals surface area contributed by atoms with Gasteiger partial charge in [-0.1, -0.05) is 30.3 Å². The summed E-state index contributed by atoms with van der Waals surface area (Å²) in [7, 11) is 0. The first-order valence-corrected chi connectivity index (χ1v) is 6.16. The molecule has 1 fully saturated rings. The molecule has 5 nitrogen and oxygen atoms in total. The number of hydrogen-bond donors (Lipinski definition) is 0. The third-order valence-corrected chi connectivity index (χ3v) is 3.24. The second-order valence-corrected chi connectivity index (χ2v) is 4.50. The Bertz CT molecular complexity index is 485. The maximum atomic E-state index is 11.5. The summed E-state index contributed by atoms with van der Waals surface area (Å²) >= 11 is 0. The van der Waals surface area contributed by atoms with Crippen LogP contribution in [0.15, 0.2) is 30.3 Å². The fourth-order valence-electron chi connectivity index (χ4n) is 2.15. The molecular weight excluding hydrogens is 246 g/mol. The highest BCUT2D eigenvalue weighted by Gasteiger charge is 2.41. The zero-order valence-corrected chi connectivity index (χ0v) is 10.6. The Morgan fingerprint density at radius 3 is 2.53 bits per heavy atom. The molecule has 0 spiro atoms. The Hall–Kier alpha value is -2.17. The SMILES string of the molecule is CC1C(=O)OC(=O)N1C(C=O)CCc1ccccc1. The number of rotatable bonds is 5. The van der Waals surface area contributed by atoms with Gasteiger partial charge in [-0.2, -0.15) is 0 Å². The summed E-state index contributed by atoms with van der Waals surface area (Å²) in [5.74, 6) is -0.600. The van der Waals surface area contributed by atoms with Crippen LogP contribution in [0.25, 0.3) is 0 Å². The quantitative estimate of drug-likeness (QED) is 0.458. The number of nitrogens with zero attached hydrogens (tertiary/aromatic N) is 1. The minimum Gasteiger partial charge on any atom is -0.375 e. The van der Waals surface area contributed by atoms with Crippen molar-refractivity contribution in [3.8, 4) is 0 Å². The van der Waals surface area contributed by atoms with E-state index in [-0.39, 0.29) is 0 Å². The predicted octanol–water partition coefficient (Wildman–Crippen LogP) is 1.55. The Balaban J connectivity index is 2.03. The second kappa shape index (κ2) is 5.65. The van der Waals surface area contributed by atoms with Crippen LogP contribution in [-0.2, 0) is 20.7 Å². The number of benzene rings is 1. The van der Waals surface area contributed by atoms with Crippen molar-refractivity contribution in [1.29, 1.82) is 0 Å². The van der Waals surface area contributed by atoms with Crippen LogP contribution in [-0.4, -0.2) is 35.3 Å². The maximum Gasteiger partial charge on any atom is 0.418 e. The number of carbonyl (C=O) groups excluding carboxylic acids is 3. The molecule has 0 bridgehead atoms. The molecule has 1 aromatic carbocycles. The first-order chi connectivity index (χ1) is 9.13. The van der Waals surface area contributed by atoms with Gasteiger partial charge in [-0.25, -0.2) is 9.59 Å². The van der Waals surface area contributed by atoms with Crippen molar-refractivity contribution in [1.82, 2.24) is 4.90 Å². The lowest BCUT2D eigenvalue weighted by Gasteiger charge is -2.23. The molecule has 0 aliphatic carbocycles. The van der Waals surface area contributed by atoms with Crippen molar-refractivity contribution in [2.45, 2.75) is 31.8 Å². The third-order valence-electron chi connectivity index (χ3n) is 3.24. The van der Waals surface area contributed by atoms with Gasteiger partial charge in [-0.05, 0) is 25.3 Å². The molecule has 0 N–H and O–H groups in total. The van der Waals surface area contributed by atoms with Crippen LogP contribution in [0.2, 0.25) is 0 Å². The molecule has 0 radical (unpaired) electrons. The van der Waals surface area contributed by atoms with E-state index < -0.39 is 24.1 Å². The molecule has 1 amide bonds. The average Bonchev–Trinajstić information content (AvgIpc) is 2.67. The van der Waals surface area contributed by atoms with Crippen molar-refractivity contribution < 1.29 is 19.1 Å². The molecule has 1 saturated heterocycles. The number of amides is 1. The van der Waals surface area contributed by atoms with Gasteiger partial charge in [-0.15, -0.1) is 0 Å². The number of aryl methyl sites for hydroxylation is 1. The number of aldehydes is 1. The standard InChI is InChI=1S/C14H15NO4/c1-10-13(17)19-14(18)15(10)12(9-16)8-7-11-5-3-2-4-6-11/h2-6,9-10,12H,7-8H2,1H3. The molecule has 0 aromatic heterocycles. The highest BCUT2D eigenvalue weighted by Crippen LogP contribution is 2.19. The number of cyclic esters (lactones) is 2. The van der Waals surface area contributed by atoms with Crippen LogP contribution in [0.4, 0.5) is 4.79 Å². The summed E-state index contributed by atoms with van der Waals surface area (Å²) in [5.41, 5.74) is 1.08. The van der Waals surface area contributed by atoms with Gasteiger partial charge in [0.25, 0.3) is 0 Å². The van der Waals surface area contributed by atoms with Gasteiger partial charge in [0.2, 0.25) is 0 Å². The van der Waals surface area contributed by atoms with Gasteiger partial charge < -0.3 is 9.53 Å². The van der Waals surface area contributed by atoms with E-state index in [0.29, 0.717) is 19.1 Å². The van der Waals surface area contributed by atoms with Gasteiger partial charge in [0.15, 0.2) is 0 Å². The Kier molecular flexibility index (Phi) is 3.94. The largest absolute Gasteiger partial charge is 0.418 e. The van der Waals surface area contributed by atoms with E-state index in [1.807, 2.05) is 30.3 Å². The molecular formula is C14H15NO4. The molecule has 1 heterocycles. The van der Waals surface area contributed by atoms with E-state index >= 15 is 0 Å². The first kappa shape index (κ1) is 13.3. The molecule has 2 unspecified atom stereocenters. The van der Waals surface area contributed by atoms with E-state index in [9.17, 15) is 14.4 Å².